The van der Waals surface area contributed by atoms with Crippen molar-refractivity contribution in [3.8, 4) is 17.3 Å². The van der Waals surface area contributed by atoms with Gasteiger partial charge < -0.3 is 18.8 Å². The zero-order chi connectivity index (χ0) is 21.9. The number of pyridine rings is 1. The lowest BCUT2D eigenvalue weighted by Crippen LogP contribution is -2.50. The molecule has 9 heteroatoms. The SMILES string of the molecule is COc1nc2ccccc2cc1-c1nc([C@@H]2CN(CC3CCOC3)CCN2CC=O)no1. The van der Waals surface area contributed by atoms with Gasteiger partial charge in [0.05, 0.1) is 31.8 Å². The number of nitrogens with zero attached hydrogens (tertiary/aromatic N) is 5. The molecule has 2 aromatic heterocycles. The van der Waals surface area contributed by atoms with Gasteiger partial charge in [0.2, 0.25) is 5.88 Å². The van der Waals surface area contributed by atoms with Crippen molar-refractivity contribution in [2.45, 2.75) is 12.5 Å². The quantitative estimate of drug-likeness (QED) is 0.516. The first-order valence-electron chi connectivity index (χ1n) is 11.0. The Morgan fingerprint density at radius 2 is 2.16 bits per heavy atom. The van der Waals surface area contributed by atoms with E-state index < -0.39 is 0 Å². The van der Waals surface area contributed by atoms with Crippen molar-refractivity contribution in [1.82, 2.24) is 24.9 Å². The maximum Gasteiger partial charge on any atom is 0.263 e. The number of hydrogen-bond donors (Lipinski definition) is 0. The molecule has 2 atom stereocenters. The number of carbonyl (C=O) groups excluding carboxylic acids is 1. The standard InChI is InChI=1S/C23H27N5O4/c1-30-22-18(12-17-4-2-3-5-19(17)24-22)23-25-21(26-32-23)20-14-27(7-8-28(20)9-10-29)13-16-6-11-31-15-16/h2-5,10,12,16,20H,6-9,11,13-15H2,1H3/t16?,20-/m0/s1. The van der Waals surface area contributed by atoms with E-state index in [1.54, 1.807) is 7.11 Å². The molecule has 1 unspecified atom stereocenters. The number of rotatable bonds is 7. The second-order valence-corrected chi connectivity index (χ2v) is 8.36. The molecule has 5 rings (SSSR count). The van der Waals surface area contributed by atoms with E-state index in [9.17, 15) is 4.79 Å². The summed E-state index contributed by atoms with van der Waals surface area (Å²) in [5, 5.41) is 5.26. The predicted molar refractivity (Wildman–Crippen MR) is 117 cm³/mol. The fourth-order valence-corrected chi connectivity index (χ4v) is 4.58. The Labute approximate surface area is 186 Å². The Balaban J connectivity index is 1.42. The van der Waals surface area contributed by atoms with Crippen molar-refractivity contribution < 1.29 is 18.8 Å². The molecule has 0 N–H and O–H groups in total. The number of methoxy groups -OCH3 is 1. The van der Waals surface area contributed by atoms with Crippen LogP contribution in [0.4, 0.5) is 0 Å². The molecule has 0 saturated carbocycles. The van der Waals surface area contributed by atoms with Crippen LogP contribution in [-0.2, 0) is 9.53 Å². The molecular formula is C23H27N5O4. The van der Waals surface area contributed by atoms with Gasteiger partial charge in [0, 0.05) is 38.2 Å². The molecule has 0 spiro atoms. The van der Waals surface area contributed by atoms with Gasteiger partial charge in [-0.1, -0.05) is 23.4 Å². The van der Waals surface area contributed by atoms with E-state index >= 15 is 0 Å². The van der Waals surface area contributed by atoms with Gasteiger partial charge in [-0.15, -0.1) is 0 Å². The molecule has 2 saturated heterocycles. The molecule has 4 heterocycles. The van der Waals surface area contributed by atoms with Crippen LogP contribution in [0.25, 0.3) is 22.4 Å². The number of carbonyl (C=O) groups is 1. The van der Waals surface area contributed by atoms with Gasteiger partial charge in [-0.2, -0.15) is 4.98 Å². The molecule has 168 valence electrons. The van der Waals surface area contributed by atoms with Crippen LogP contribution < -0.4 is 4.74 Å². The molecule has 0 bridgehead atoms. The highest BCUT2D eigenvalue weighted by Gasteiger charge is 2.33. The third-order valence-electron chi connectivity index (χ3n) is 6.28. The first-order chi connectivity index (χ1) is 15.7. The first-order valence-corrected chi connectivity index (χ1v) is 11.0. The Hall–Kier alpha value is -2.88. The minimum atomic E-state index is -0.117. The van der Waals surface area contributed by atoms with Gasteiger partial charge in [0.1, 0.15) is 11.8 Å². The van der Waals surface area contributed by atoms with E-state index in [0.717, 1.165) is 63.0 Å². The molecule has 2 aliphatic heterocycles. The molecule has 0 radical (unpaired) electrons. The van der Waals surface area contributed by atoms with Gasteiger partial charge >= 0.3 is 0 Å². The van der Waals surface area contributed by atoms with Gasteiger partial charge in [-0.05, 0) is 24.5 Å². The molecule has 2 fully saturated rings. The predicted octanol–water partition coefficient (Wildman–Crippen LogP) is 2.19. The van der Waals surface area contributed by atoms with Gasteiger partial charge in [-0.3, -0.25) is 9.80 Å². The fourth-order valence-electron chi connectivity index (χ4n) is 4.58. The molecule has 9 nitrogen and oxygen atoms in total. The molecule has 2 aliphatic rings. The maximum absolute atomic E-state index is 11.3. The van der Waals surface area contributed by atoms with Crippen LogP contribution in [0.1, 0.15) is 18.3 Å². The number of hydrogen-bond acceptors (Lipinski definition) is 9. The van der Waals surface area contributed by atoms with Crippen LogP contribution in [0.2, 0.25) is 0 Å². The van der Waals surface area contributed by atoms with Gasteiger partial charge in [-0.25, -0.2) is 4.98 Å². The van der Waals surface area contributed by atoms with Gasteiger partial charge in [0.15, 0.2) is 5.82 Å². The normalized spacial score (nSPS) is 22.4. The smallest absolute Gasteiger partial charge is 0.263 e. The lowest BCUT2D eigenvalue weighted by molar-refractivity contribution is -0.110. The minimum Gasteiger partial charge on any atom is -0.480 e. The number of para-hydroxylation sites is 1. The zero-order valence-corrected chi connectivity index (χ0v) is 18.1. The molecule has 0 aliphatic carbocycles. The van der Waals surface area contributed by atoms with Crippen molar-refractivity contribution in [2.24, 2.45) is 5.92 Å². The summed E-state index contributed by atoms with van der Waals surface area (Å²) in [5.74, 6) is 1.93. The average molecular weight is 438 g/mol. The second kappa shape index (κ2) is 9.32. The van der Waals surface area contributed by atoms with Crippen LogP contribution in [0.15, 0.2) is 34.9 Å². The number of piperazine rings is 1. The lowest BCUT2D eigenvalue weighted by Gasteiger charge is -2.39. The zero-order valence-electron chi connectivity index (χ0n) is 18.1. The first kappa shape index (κ1) is 21.0. The van der Waals surface area contributed by atoms with Crippen LogP contribution in [0.5, 0.6) is 5.88 Å². The van der Waals surface area contributed by atoms with E-state index in [1.807, 2.05) is 30.3 Å². The topological polar surface area (TPSA) is 93.8 Å². The summed E-state index contributed by atoms with van der Waals surface area (Å²) in [6, 6.07) is 9.66. The number of fused-ring (bicyclic) bond motifs is 1. The van der Waals surface area contributed by atoms with E-state index in [2.05, 4.69) is 19.9 Å². The average Bonchev–Trinajstić information content (AvgIpc) is 3.52. The van der Waals surface area contributed by atoms with Crippen molar-refractivity contribution in [2.75, 3.05) is 53.0 Å². The minimum absolute atomic E-state index is 0.117. The lowest BCUT2D eigenvalue weighted by atomic mass is 10.1. The molecular weight excluding hydrogens is 410 g/mol. The van der Waals surface area contributed by atoms with Crippen LogP contribution in [0, 0.1) is 5.92 Å². The summed E-state index contributed by atoms with van der Waals surface area (Å²) in [5.41, 5.74) is 1.49. The highest BCUT2D eigenvalue weighted by atomic mass is 16.5. The second-order valence-electron chi connectivity index (χ2n) is 8.36. The highest BCUT2D eigenvalue weighted by Crippen LogP contribution is 2.32. The number of benzene rings is 1. The highest BCUT2D eigenvalue weighted by molar-refractivity contribution is 5.84. The van der Waals surface area contributed by atoms with Crippen LogP contribution >= 0.6 is 0 Å². The molecule has 1 aromatic carbocycles. The summed E-state index contributed by atoms with van der Waals surface area (Å²) >= 11 is 0. The number of aldehydes is 1. The van der Waals surface area contributed by atoms with Crippen molar-refractivity contribution in [3.63, 3.8) is 0 Å². The summed E-state index contributed by atoms with van der Waals surface area (Å²) in [6.07, 6.45) is 2.03. The summed E-state index contributed by atoms with van der Waals surface area (Å²) in [6.45, 7) is 5.43. The molecule has 32 heavy (non-hydrogen) atoms. The maximum atomic E-state index is 11.3. The molecule has 3 aromatic rings. The largest absolute Gasteiger partial charge is 0.480 e. The van der Waals surface area contributed by atoms with E-state index in [-0.39, 0.29) is 6.04 Å². The summed E-state index contributed by atoms with van der Waals surface area (Å²) in [4.78, 5) is 25.1. The third-order valence-corrected chi connectivity index (χ3v) is 6.28. The van der Waals surface area contributed by atoms with Crippen molar-refractivity contribution >= 4 is 17.2 Å². The van der Waals surface area contributed by atoms with Gasteiger partial charge in [0.25, 0.3) is 5.89 Å². The van der Waals surface area contributed by atoms with Crippen molar-refractivity contribution in [1.29, 1.82) is 0 Å². The van der Waals surface area contributed by atoms with Crippen molar-refractivity contribution in [3.05, 3.63) is 36.2 Å². The number of aromatic nitrogens is 3. The number of ether oxygens (including phenoxy) is 2. The Bertz CT molecular complexity index is 1080. The summed E-state index contributed by atoms with van der Waals surface area (Å²) in [7, 11) is 1.58. The summed E-state index contributed by atoms with van der Waals surface area (Å²) < 4.78 is 16.7. The molecule has 0 amide bonds. The van der Waals surface area contributed by atoms with E-state index in [4.69, 9.17) is 19.0 Å². The van der Waals surface area contributed by atoms with Crippen LogP contribution in [0.3, 0.4) is 0 Å². The monoisotopic (exact) mass is 437 g/mol. The fraction of sp³-hybridized carbons (Fsp3) is 0.478. The van der Waals surface area contributed by atoms with Crippen LogP contribution in [-0.4, -0.2) is 84.3 Å². The van der Waals surface area contributed by atoms with E-state index in [1.165, 1.54) is 0 Å². The Morgan fingerprint density at radius 3 is 2.97 bits per heavy atom. The Kier molecular flexibility index (Phi) is 6.11. The van der Waals surface area contributed by atoms with E-state index in [0.29, 0.717) is 35.6 Å². The third kappa shape index (κ3) is 4.23. The Morgan fingerprint density at radius 1 is 1.25 bits per heavy atom.